The van der Waals surface area contributed by atoms with Crippen LogP contribution in [0, 0.1) is 0 Å². The van der Waals surface area contributed by atoms with Crippen molar-refractivity contribution in [2.75, 3.05) is 18.9 Å². The summed E-state index contributed by atoms with van der Waals surface area (Å²) in [5, 5.41) is 13.2. The zero-order chi connectivity index (χ0) is 14.8. The molecule has 2 aliphatic rings. The maximum Gasteiger partial charge on any atom is 0.318 e. The van der Waals surface area contributed by atoms with Crippen LogP contribution in [-0.2, 0) is 0 Å². The summed E-state index contributed by atoms with van der Waals surface area (Å²) in [4.78, 5) is 15.4. The van der Waals surface area contributed by atoms with Gasteiger partial charge < -0.3 is 15.3 Å². The molecule has 0 saturated carbocycles. The van der Waals surface area contributed by atoms with Crippen molar-refractivity contribution in [2.24, 2.45) is 0 Å². The van der Waals surface area contributed by atoms with Gasteiger partial charge in [-0.2, -0.15) is 0 Å². The second-order valence-corrected chi connectivity index (χ2v) is 7.07. The molecular formula is C15H19ClN2O2S. The highest BCUT2D eigenvalue weighted by Crippen LogP contribution is 2.37. The zero-order valence-electron chi connectivity index (χ0n) is 11.7. The smallest absolute Gasteiger partial charge is 0.318 e. The van der Waals surface area contributed by atoms with E-state index in [1.165, 1.54) is 4.90 Å². The Bertz CT molecular complexity index is 540. The fraction of sp³-hybridized carbons (Fsp3) is 0.533. The predicted molar refractivity (Wildman–Crippen MR) is 84.9 cm³/mol. The van der Waals surface area contributed by atoms with Crippen molar-refractivity contribution in [3.8, 4) is 0 Å². The molecule has 1 saturated heterocycles. The fourth-order valence-corrected chi connectivity index (χ4v) is 4.33. The summed E-state index contributed by atoms with van der Waals surface area (Å²) in [5.74, 6) is 0.989. The first-order valence-corrected chi connectivity index (χ1v) is 8.65. The van der Waals surface area contributed by atoms with Crippen LogP contribution < -0.4 is 5.32 Å². The number of nitrogens with zero attached hydrogens (tertiary/aromatic N) is 1. The molecule has 1 aromatic carbocycles. The van der Waals surface area contributed by atoms with Gasteiger partial charge in [-0.1, -0.05) is 11.6 Å². The number of aliphatic hydroxyl groups excluding tert-OH is 1. The lowest BCUT2D eigenvalue weighted by Crippen LogP contribution is -2.45. The van der Waals surface area contributed by atoms with Crippen molar-refractivity contribution >= 4 is 29.4 Å². The maximum atomic E-state index is 12.4. The first-order valence-electron chi connectivity index (χ1n) is 7.29. The number of carbonyl (C=O) groups excluding carboxylic acids is 1. The fourth-order valence-electron chi connectivity index (χ4n) is 3.04. The Hall–Kier alpha value is -0.910. The summed E-state index contributed by atoms with van der Waals surface area (Å²) in [7, 11) is 0. The third-order valence-corrected chi connectivity index (χ3v) is 5.52. The van der Waals surface area contributed by atoms with Crippen LogP contribution in [0.5, 0.6) is 0 Å². The van der Waals surface area contributed by atoms with E-state index in [9.17, 15) is 9.90 Å². The number of halogens is 1. The van der Waals surface area contributed by atoms with Gasteiger partial charge in [-0.3, -0.25) is 0 Å². The second kappa shape index (κ2) is 6.46. The molecule has 6 heteroatoms. The SMILES string of the molecule is O=C(NC1CCSc2ccc(Cl)cc21)N1CCC[C@H]1CO. The summed E-state index contributed by atoms with van der Waals surface area (Å²) in [5.41, 5.74) is 1.10. The van der Waals surface area contributed by atoms with Crippen LogP contribution in [-0.4, -0.2) is 41.0 Å². The van der Waals surface area contributed by atoms with Crippen molar-refractivity contribution in [1.29, 1.82) is 0 Å². The topological polar surface area (TPSA) is 52.6 Å². The number of hydrogen-bond acceptors (Lipinski definition) is 3. The average molecular weight is 327 g/mol. The van der Waals surface area contributed by atoms with E-state index in [0.29, 0.717) is 5.02 Å². The largest absolute Gasteiger partial charge is 0.394 e. The standard InChI is InChI=1S/C15H19ClN2O2S/c16-10-3-4-14-12(8-10)13(5-7-21-14)17-15(20)18-6-1-2-11(18)9-19/h3-4,8,11,13,19H,1-2,5-7,9H2,(H,17,20)/t11-,13?/m0/s1. The van der Waals surface area contributed by atoms with Crippen molar-refractivity contribution in [3.05, 3.63) is 28.8 Å². The molecule has 2 amide bonds. The van der Waals surface area contributed by atoms with Crippen molar-refractivity contribution < 1.29 is 9.90 Å². The Kier molecular flexibility index (Phi) is 4.62. The van der Waals surface area contributed by atoms with Crippen LogP contribution in [0.25, 0.3) is 0 Å². The molecule has 2 aliphatic heterocycles. The van der Waals surface area contributed by atoms with Crippen molar-refractivity contribution in [2.45, 2.75) is 36.2 Å². The van der Waals surface area contributed by atoms with Gasteiger partial charge in [0.15, 0.2) is 0 Å². The van der Waals surface area contributed by atoms with E-state index in [1.807, 2.05) is 18.2 Å². The quantitative estimate of drug-likeness (QED) is 0.878. The van der Waals surface area contributed by atoms with E-state index in [2.05, 4.69) is 5.32 Å². The van der Waals surface area contributed by atoms with Crippen LogP contribution in [0.4, 0.5) is 4.79 Å². The molecule has 0 spiro atoms. The summed E-state index contributed by atoms with van der Waals surface area (Å²) in [6.45, 7) is 0.761. The number of benzene rings is 1. The van der Waals surface area contributed by atoms with Gasteiger partial charge in [0.1, 0.15) is 0 Å². The predicted octanol–water partition coefficient (Wildman–Crippen LogP) is 3.04. The molecule has 2 heterocycles. The van der Waals surface area contributed by atoms with Crippen LogP contribution in [0.1, 0.15) is 30.9 Å². The number of nitrogens with one attached hydrogen (secondary N) is 1. The van der Waals surface area contributed by atoms with Crippen LogP contribution in [0.2, 0.25) is 5.02 Å². The van der Waals surface area contributed by atoms with Gasteiger partial charge in [0.2, 0.25) is 0 Å². The molecule has 0 aliphatic carbocycles. The van der Waals surface area contributed by atoms with Crippen molar-refractivity contribution in [3.63, 3.8) is 0 Å². The third-order valence-electron chi connectivity index (χ3n) is 4.16. The molecule has 1 unspecified atom stereocenters. The molecule has 4 nitrogen and oxygen atoms in total. The number of amides is 2. The minimum absolute atomic E-state index is 0.00685. The first kappa shape index (κ1) is 15.0. The van der Waals surface area contributed by atoms with Gasteiger partial charge in [-0.05, 0) is 43.0 Å². The van der Waals surface area contributed by atoms with E-state index in [4.69, 9.17) is 11.6 Å². The molecule has 1 aromatic rings. The molecule has 3 rings (SSSR count). The Morgan fingerprint density at radius 2 is 2.33 bits per heavy atom. The van der Waals surface area contributed by atoms with E-state index in [0.717, 1.165) is 37.1 Å². The number of thioether (sulfide) groups is 1. The molecule has 2 N–H and O–H groups in total. The normalized spacial score (nSPS) is 24.8. The molecule has 114 valence electrons. The Morgan fingerprint density at radius 3 is 3.14 bits per heavy atom. The highest BCUT2D eigenvalue weighted by molar-refractivity contribution is 7.99. The Labute approximate surface area is 133 Å². The number of carbonyl (C=O) groups is 1. The molecule has 21 heavy (non-hydrogen) atoms. The number of aliphatic hydroxyl groups is 1. The van der Waals surface area contributed by atoms with E-state index in [1.54, 1.807) is 16.7 Å². The van der Waals surface area contributed by atoms with Crippen LogP contribution >= 0.6 is 23.4 Å². The van der Waals surface area contributed by atoms with Crippen molar-refractivity contribution in [1.82, 2.24) is 10.2 Å². The first-order chi connectivity index (χ1) is 10.2. The van der Waals surface area contributed by atoms with Crippen LogP contribution in [0.3, 0.4) is 0 Å². The minimum atomic E-state index is -0.0747. The summed E-state index contributed by atoms with van der Waals surface area (Å²) in [6, 6.07) is 5.75. The lowest BCUT2D eigenvalue weighted by molar-refractivity contribution is 0.154. The lowest BCUT2D eigenvalue weighted by atomic mass is 10.0. The Balaban J connectivity index is 1.74. The molecule has 0 bridgehead atoms. The number of hydrogen-bond donors (Lipinski definition) is 2. The van der Waals surface area contributed by atoms with Gasteiger partial charge >= 0.3 is 6.03 Å². The van der Waals surface area contributed by atoms with E-state index in [-0.39, 0.29) is 24.7 Å². The molecule has 1 fully saturated rings. The minimum Gasteiger partial charge on any atom is -0.394 e. The molecule has 0 radical (unpaired) electrons. The summed E-state index contributed by atoms with van der Waals surface area (Å²) < 4.78 is 0. The lowest BCUT2D eigenvalue weighted by Gasteiger charge is -2.30. The van der Waals surface area contributed by atoms with Gasteiger partial charge in [0.05, 0.1) is 18.7 Å². The van der Waals surface area contributed by atoms with Gasteiger partial charge in [0.25, 0.3) is 0 Å². The highest BCUT2D eigenvalue weighted by atomic mass is 35.5. The highest BCUT2D eigenvalue weighted by Gasteiger charge is 2.30. The third kappa shape index (κ3) is 3.15. The monoisotopic (exact) mass is 326 g/mol. The van der Waals surface area contributed by atoms with Crippen LogP contribution in [0.15, 0.2) is 23.1 Å². The summed E-state index contributed by atoms with van der Waals surface area (Å²) in [6.07, 6.45) is 2.75. The zero-order valence-corrected chi connectivity index (χ0v) is 13.3. The molecule has 2 atom stereocenters. The number of rotatable bonds is 2. The average Bonchev–Trinajstić information content (AvgIpc) is 2.96. The Morgan fingerprint density at radius 1 is 1.48 bits per heavy atom. The van der Waals surface area contributed by atoms with E-state index < -0.39 is 0 Å². The van der Waals surface area contributed by atoms with Gasteiger partial charge in [-0.25, -0.2) is 4.79 Å². The number of fused-ring (bicyclic) bond motifs is 1. The number of likely N-dealkylation sites (tertiary alicyclic amines) is 1. The summed E-state index contributed by atoms with van der Waals surface area (Å²) >= 11 is 7.89. The number of urea groups is 1. The van der Waals surface area contributed by atoms with Gasteiger partial charge in [-0.15, -0.1) is 11.8 Å². The maximum absolute atomic E-state index is 12.4. The molecule has 0 aromatic heterocycles. The van der Waals surface area contributed by atoms with E-state index >= 15 is 0 Å². The van der Waals surface area contributed by atoms with Gasteiger partial charge in [0, 0.05) is 22.2 Å². The second-order valence-electron chi connectivity index (χ2n) is 5.49. The molecular weight excluding hydrogens is 308 g/mol.